The maximum atomic E-state index is 13.0. The zero-order chi connectivity index (χ0) is 23.1. The van der Waals surface area contributed by atoms with Crippen molar-refractivity contribution in [2.75, 3.05) is 13.1 Å². The van der Waals surface area contributed by atoms with Gasteiger partial charge in [0.2, 0.25) is 10.0 Å². The molecule has 32 heavy (non-hydrogen) atoms. The molecule has 0 aromatic heterocycles. The summed E-state index contributed by atoms with van der Waals surface area (Å²) >= 11 is 6.12. The fourth-order valence-corrected chi connectivity index (χ4v) is 5.80. The number of amides is 4. The Hall–Kier alpha value is -2.95. The van der Waals surface area contributed by atoms with Crippen LogP contribution in [0.3, 0.4) is 0 Å². The lowest BCUT2D eigenvalue weighted by atomic mass is 9.92. The van der Waals surface area contributed by atoms with E-state index in [1.54, 1.807) is 30.3 Å². The maximum absolute atomic E-state index is 13.0. The minimum Gasteiger partial charge on any atom is -0.318 e. The first kappa shape index (κ1) is 22.3. The second kappa shape index (κ2) is 8.19. The van der Waals surface area contributed by atoms with Crippen molar-refractivity contribution < 1.29 is 22.8 Å². The number of benzene rings is 2. The van der Waals surface area contributed by atoms with Crippen molar-refractivity contribution in [2.45, 2.75) is 30.2 Å². The summed E-state index contributed by atoms with van der Waals surface area (Å²) in [5.41, 5.74) is 1.42. The van der Waals surface area contributed by atoms with Crippen LogP contribution in [0.2, 0.25) is 5.02 Å². The van der Waals surface area contributed by atoms with Crippen LogP contribution in [0.15, 0.2) is 53.4 Å². The fourth-order valence-electron chi connectivity index (χ4n) is 3.78. The summed E-state index contributed by atoms with van der Waals surface area (Å²) < 4.78 is 27.1. The summed E-state index contributed by atoms with van der Waals surface area (Å²) in [6, 6.07) is 11.6. The van der Waals surface area contributed by atoms with Gasteiger partial charge in [-0.2, -0.15) is 9.31 Å². The van der Waals surface area contributed by atoms with Crippen molar-refractivity contribution in [3.8, 4) is 0 Å². The van der Waals surface area contributed by atoms with Crippen LogP contribution >= 0.6 is 11.6 Å². The quantitative estimate of drug-likeness (QED) is 0.642. The van der Waals surface area contributed by atoms with E-state index < -0.39 is 33.4 Å². The summed E-state index contributed by atoms with van der Waals surface area (Å²) in [6.07, 6.45) is 1.51. The molecular weight excluding hydrogens is 456 g/mol. The Bertz CT molecular complexity index is 1200. The van der Waals surface area contributed by atoms with E-state index in [1.807, 2.05) is 0 Å². The van der Waals surface area contributed by atoms with E-state index in [9.17, 15) is 22.8 Å². The molecule has 4 rings (SSSR count). The fraction of sp³-hybridized carbons (Fsp3) is 0.286. The second-order valence-corrected chi connectivity index (χ2v) is 10.1. The van der Waals surface area contributed by atoms with Gasteiger partial charge in [0, 0.05) is 18.7 Å². The Labute approximate surface area is 190 Å². The predicted octanol–water partition coefficient (Wildman–Crippen LogP) is 2.24. The molecule has 2 fully saturated rings. The highest BCUT2D eigenvalue weighted by molar-refractivity contribution is 7.89. The Morgan fingerprint density at radius 1 is 1.09 bits per heavy atom. The van der Waals surface area contributed by atoms with E-state index in [0.717, 1.165) is 18.9 Å². The average Bonchev–Trinajstić information content (AvgIpc) is 3.39. The predicted molar refractivity (Wildman–Crippen MR) is 116 cm³/mol. The van der Waals surface area contributed by atoms with Crippen molar-refractivity contribution in [3.05, 3.63) is 64.7 Å². The highest BCUT2D eigenvalue weighted by Crippen LogP contribution is 2.29. The molecular formula is C21H21ClN4O5S. The number of nitrogens with one attached hydrogen (secondary N) is 2. The molecule has 2 N–H and O–H groups in total. The first-order valence-electron chi connectivity index (χ1n) is 9.97. The third kappa shape index (κ3) is 3.74. The average molecular weight is 477 g/mol. The summed E-state index contributed by atoms with van der Waals surface area (Å²) in [4.78, 5) is 38.0. The standard InChI is InChI=1S/C21H21ClN4O5S/c1-21(15-7-3-2-4-8-15)19(28)26(20(29)23-21)24-18(27)14-9-10-16(22)17(13-14)32(30,31)25-11-5-6-12-25/h2-4,7-10,13H,5-6,11-12H2,1H3,(H,23,29)(H,24,27)/t21-/m0/s1. The van der Waals surface area contributed by atoms with Crippen molar-refractivity contribution >= 4 is 39.5 Å². The van der Waals surface area contributed by atoms with E-state index in [0.29, 0.717) is 23.7 Å². The lowest BCUT2D eigenvalue weighted by Gasteiger charge is -2.22. The molecule has 0 spiro atoms. The van der Waals surface area contributed by atoms with Gasteiger partial charge in [-0.25, -0.2) is 13.2 Å². The number of hydrazine groups is 1. The Kier molecular flexibility index (Phi) is 5.70. The molecule has 2 saturated heterocycles. The van der Waals surface area contributed by atoms with Crippen molar-refractivity contribution in [3.63, 3.8) is 0 Å². The normalized spacial score (nSPS) is 21.6. The lowest BCUT2D eigenvalue weighted by Crippen LogP contribution is -2.48. The van der Waals surface area contributed by atoms with Gasteiger partial charge in [-0.1, -0.05) is 41.9 Å². The molecule has 0 aliphatic carbocycles. The molecule has 9 nitrogen and oxygen atoms in total. The van der Waals surface area contributed by atoms with Crippen LogP contribution < -0.4 is 10.7 Å². The first-order chi connectivity index (χ1) is 15.1. The van der Waals surface area contributed by atoms with Gasteiger partial charge in [0.25, 0.3) is 11.8 Å². The van der Waals surface area contributed by atoms with Crippen LogP contribution in [0.1, 0.15) is 35.7 Å². The van der Waals surface area contributed by atoms with Gasteiger partial charge in [0.05, 0.1) is 5.02 Å². The molecule has 4 amide bonds. The SMILES string of the molecule is C[C@@]1(c2ccccc2)NC(=O)N(NC(=O)c2ccc(Cl)c(S(=O)(=O)N3CCCC3)c2)C1=O. The number of hydrogen-bond acceptors (Lipinski definition) is 5. The van der Waals surface area contributed by atoms with Crippen LogP contribution in [0.4, 0.5) is 4.79 Å². The summed E-state index contributed by atoms with van der Waals surface area (Å²) in [7, 11) is -3.87. The molecule has 2 heterocycles. The van der Waals surface area contributed by atoms with E-state index >= 15 is 0 Å². The van der Waals surface area contributed by atoms with E-state index in [4.69, 9.17) is 11.6 Å². The number of rotatable bonds is 5. The number of urea groups is 1. The monoisotopic (exact) mass is 476 g/mol. The van der Waals surface area contributed by atoms with Gasteiger partial charge in [0.1, 0.15) is 10.4 Å². The summed E-state index contributed by atoms with van der Waals surface area (Å²) in [5.74, 6) is -1.48. The van der Waals surface area contributed by atoms with Gasteiger partial charge < -0.3 is 5.32 Å². The molecule has 1 atom stereocenters. The van der Waals surface area contributed by atoms with Crippen LogP contribution in [-0.4, -0.2) is 48.7 Å². The lowest BCUT2D eigenvalue weighted by molar-refractivity contribution is -0.132. The van der Waals surface area contributed by atoms with Crippen LogP contribution in [0.5, 0.6) is 0 Å². The highest BCUT2D eigenvalue weighted by Gasteiger charge is 2.50. The highest BCUT2D eigenvalue weighted by atomic mass is 35.5. The zero-order valence-electron chi connectivity index (χ0n) is 17.2. The Balaban J connectivity index is 1.58. The zero-order valence-corrected chi connectivity index (χ0v) is 18.7. The van der Waals surface area contributed by atoms with E-state index in [2.05, 4.69) is 10.7 Å². The van der Waals surface area contributed by atoms with Gasteiger partial charge >= 0.3 is 6.03 Å². The smallest absolute Gasteiger partial charge is 0.318 e. The molecule has 0 saturated carbocycles. The molecule has 0 unspecified atom stereocenters. The number of nitrogens with zero attached hydrogens (tertiary/aromatic N) is 2. The molecule has 2 aromatic carbocycles. The van der Waals surface area contributed by atoms with Gasteiger partial charge in [-0.15, -0.1) is 0 Å². The molecule has 2 aliphatic heterocycles. The number of halogens is 1. The third-order valence-corrected chi connectivity index (χ3v) is 8.01. The van der Waals surface area contributed by atoms with E-state index in [-0.39, 0.29) is 15.5 Å². The number of imide groups is 1. The molecule has 0 bridgehead atoms. The third-order valence-electron chi connectivity index (χ3n) is 5.63. The maximum Gasteiger partial charge on any atom is 0.344 e. The number of carbonyl (C=O) groups is 3. The minimum atomic E-state index is -3.87. The second-order valence-electron chi connectivity index (χ2n) is 7.76. The largest absolute Gasteiger partial charge is 0.344 e. The molecule has 2 aliphatic rings. The van der Waals surface area contributed by atoms with Crippen molar-refractivity contribution in [1.29, 1.82) is 0 Å². The van der Waals surface area contributed by atoms with Crippen molar-refractivity contribution in [2.24, 2.45) is 0 Å². The Morgan fingerprint density at radius 2 is 1.75 bits per heavy atom. The van der Waals surface area contributed by atoms with E-state index in [1.165, 1.54) is 23.4 Å². The number of hydrogen-bond donors (Lipinski definition) is 2. The van der Waals surface area contributed by atoms with Gasteiger partial charge in [-0.05, 0) is 43.5 Å². The molecule has 11 heteroatoms. The first-order valence-corrected chi connectivity index (χ1v) is 11.8. The number of sulfonamides is 1. The molecule has 168 valence electrons. The topological polar surface area (TPSA) is 116 Å². The van der Waals surface area contributed by atoms with Crippen LogP contribution in [0, 0.1) is 0 Å². The van der Waals surface area contributed by atoms with Gasteiger partial charge in [-0.3, -0.25) is 15.0 Å². The van der Waals surface area contributed by atoms with Crippen LogP contribution in [0.25, 0.3) is 0 Å². The molecule has 0 radical (unpaired) electrons. The molecule has 2 aromatic rings. The van der Waals surface area contributed by atoms with Crippen LogP contribution in [-0.2, 0) is 20.4 Å². The minimum absolute atomic E-state index is 0.0138. The Morgan fingerprint density at radius 3 is 2.41 bits per heavy atom. The van der Waals surface area contributed by atoms with Gasteiger partial charge in [0.15, 0.2) is 0 Å². The number of carbonyl (C=O) groups excluding carboxylic acids is 3. The van der Waals surface area contributed by atoms with Crippen molar-refractivity contribution in [1.82, 2.24) is 20.1 Å². The summed E-state index contributed by atoms with van der Waals surface area (Å²) in [5, 5.41) is 3.17. The summed E-state index contributed by atoms with van der Waals surface area (Å²) in [6.45, 7) is 2.31.